The number of carbonyl (C=O) groups is 1. The number of hydrogen-bond donors (Lipinski definition) is 2. The van der Waals surface area contributed by atoms with Crippen molar-refractivity contribution in [3.63, 3.8) is 0 Å². The number of methoxy groups -OCH3 is 1. The topological polar surface area (TPSA) is 73.6 Å². The molecule has 1 aromatic rings. The quantitative estimate of drug-likeness (QED) is 0.894. The molecule has 0 spiro atoms. The van der Waals surface area contributed by atoms with Crippen molar-refractivity contribution in [1.82, 2.24) is 0 Å². The Hall–Kier alpha value is -1.75. The van der Waals surface area contributed by atoms with Gasteiger partial charge in [0.05, 0.1) is 12.8 Å². The third kappa shape index (κ3) is 3.67. The van der Waals surface area contributed by atoms with Gasteiger partial charge in [-0.1, -0.05) is 6.07 Å². The molecule has 1 saturated carbocycles. The Labute approximate surface area is 125 Å². The molecule has 2 rings (SSSR count). The Bertz CT molecular complexity index is 531. The second-order valence-corrected chi connectivity index (χ2v) is 6.52. The number of amides is 1. The van der Waals surface area contributed by atoms with Crippen molar-refractivity contribution in [2.75, 3.05) is 19.0 Å². The fourth-order valence-corrected chi connectivity index (χ4v) is 2.36. The molecular weight excluding hydrogens is 268 g/mol. The summed E-state index contributed by atoms with van der Waals surface area (Å²) in [5.74, 6) is 0.692. The lowest BCUT2D eigenvalue weighted by Crippen LogP contribution is -2.28. The van der Waals surface area contributed by atoms with E-state index in [2.05, 4.69) is 5.32 Å². The highest BCUT2D eigenvalue weighted by Crippen LogP contribution is 2.50. The van der Waals surface area contributed by atoms with Crippen LogP contribution in [0.4, 0.5) is 10.5 Å². The summed E-state index contributed by atoms with van der Waals surface area (Å²) in [6.45, 7) is 6.08. The molecule has 1 aliphatic carbocycles. The number of nitrogens with two attached hydrogens (primary N) is 1. The van der Waals surface area contributed by atoms with E-state index in [1.807, 2.05) is 39.0 Å². The van der Waals surface area contributed by atoms with Crippen LogP contribution in [0.25, 0.3) is 0 Å². The molecule has 1 fully saturated rings. The molecule has 3 N–H and O–H groups in total. The van der Waals surface area contributed by atoms with Crippen molar-refractivity contribution in [3.05, 3.63) is 23.8 Å². The first-order valence-corrected chi connectivity index (χ1v) is 7.18. The Morgan fingerprint density at radius 3 is 2.52 bits per heavy atom. The van der Waals surface area contributed by atoms with E-state index >= 15 is 0 Å². The molecule has 1 aliphatic rings. The zero-order valence-corrected chi connectivity index (χ0v) is 13.2. The lowest BCUT2D eigenvalue weighted by Gasteiger charge is -2.22. The largest absolute Gasteiger partial charge is 0.497 e. The van der Waals surface area contributed by atoms with E-state index in [9.17, 15) is 4.79 Å². The van der Waals surface area contributed by atoms with E-state index in [0.717, 1.165) is 18.4 Å². The molecule has 1 amide bonds. The summed E-state index contributed by atoms with van der Waals surface area (Å²) in [7, 11) is 1.60. The smallest absolute Gasteiger partial charge is 0.412 e. The summed E-state index contributed by atoms with van der Waals surface area (Å²) in [4.78, 5) is 12.0. The Morgan fingerprint density at radius 2 is 2.05 bits per heavy atom. The van der Waals surface area contributed by atoms with Crippen molar-refractivity contribution in [3.8, 4) is 5.75 Å². The third-order valence-corrected chi connectivity index (χ3v) is 3.68. The van der Waals surface area contributed by atoms with Crippen molar-refractivity contribution in [1.29, 1.82) is 0 Å². The van der Waals surface area contributed by atoms with Crippen LogP contribution in [0.2, 0.25) is 0 Å². The number of benzene rings is 1. The average Bonchev–Trinajstić information content (AvgIpc) is 3.17. The normalized spacial score (nSPS) is 16.2. The standard InChI is InChI=1S/C16H24N2O3/c1-15(2,3)21-14(19)18-13-9-11(20-4)5-6-12(13)16(10-17)7-8-16/h5-6,9H,7-8,10,17H2,1-4H3,(H,18,19). The number of nitrogens with one attached hydrogen (secondary N) is 1. The molecule has 21 heavy (non-hydrogen) atoms. The number of anilines is 1. The number of ether oxygens (including phenoxy) is 2. The van der Waals surface area contributed by atoms with E-state index in [1.54, 1.807) is 7.11 Å². The van der Waals surface area contributed by atoms with Gasteiger partial charge >= 0.3 is 6.09 Å². The molecule has 0 aromatic heterocycles. The molecule has 0 atom stereocenters. The van der Waals surface area contributed by atoms with E-state index < -0.39 is 11.7 Å². The van der Waals surface area contributed by atoms with Crippen molar-refractivity contribution >= 4 is 11.8 Å². The minimum atomic E-state index is -0.533. The zero-order valence-electron chi connectivity index (χ0n) is 13.2. The van der Waals surface area contributed by atoms with E-state index in [-0.39, 0.29) is 5.41 Å². The molecule has 0 radical (unpaired) electrons. The number of carbonyl (C=O) groups excluding carboxylic acids is 1. The summed E-state index contributed by atoms with van der Waals surface area (Å²) in [6.07, 6.45) is 1.61. The van der Waals surface area contributed by atoms with E-state index in [4.69, 9.17) is 15.2 Å². The summed E-state index contributed by atoms with van der Waals surface area (Å²) >= 11 is 0. The lowest BCUT2D eigenvalue weighted by atomic mass is 9.94. The van der Waals surface area contributed by atoms with Gasteiger partial charge in [-0.15, -0.1) is 0 Å². The van der Waals surface area contributed by atoms with Crippen molar-refractivity contribution in [2.24, 2.45) is 5.73 Å². The van der Waals surface area contributed by atoms with Gasteiger partial charge in [-0.05, 0) is 45.2 Å². The minimum Gasteiger partial charge on any atom is -0.497 e. The van der Waals surface area contributed by atoms with Crippen molar-refractivity contribution < 1.29 is 14.3 Å². The van der Waals surface area contributed by atoms with E-state index in [1.165, 1.54) is 0 Å². The Kier molecular flexibility index (Phi) is 4.14. The Morgan fingerprint density at radius 1 is 1.38 bits per heavy atom. The van der Waals surface area contributed by atoms with Crippen LogP contribution in [-0.2, 0) is 10.2 Å². The molecule has 5 nitrogen and oxygen atoms in total. The van der Waals surface area contributed by atoms with Gasteiger partial charge in [0.15, 0.2) is 0 Å². The van der Waals surface area contributed by atoms with Crippen LogP contribution in [0.15, 0.2) is 18.2 Å². The molecule has 5 heteroatoms. The SMILES string of the molecule is COc1ccc(C2(CN)CC2)c(NC(=O)OC(C)(C)C)c1. The number of hydrogen-bond acceptors (Lipinski definition) is 4. The van der Waals surface area contributed by atoms with Crippen LogP contribution in [-0.4, -0.2) is 25.3 Å². The maximum atomic E-state index is 12.0. The van der Waals surface area contributed by atoms with Crippen LogP contribution in [0, 0.1) is 0 Å². The maximum Gasteiger partial charge on any atom is 0.412 e. The summed E-state index contributed by atoms with van der Waals surface area (Å²) in [5.41, 5.74) is 7.11. The molecule has 0 bridgehead atoms. The van der Waals surface area contributed by atoms with Gasteiger partial charge in [0.25, 0.3) is 0 Å². The molecule has 116 valence electrons. The molecular formula is C16H24N2O3. The highest BCUT2D eigenvalue weighted by Gasteiger charge is 2.44. The van der Waals surface area contributed by atoms with Gasteiger partial charge in [-0.2, -0.15) is 0 Å². The van der Waals surface area contributed by atoms with Gasteiger partial charge in [-0.25, -0.2) is 4.79 Å². The molecule has 0 aliphatic heterocycles. The van der Waals surface area contributed by atoms with E-state index in [0.29, 0.717) is 18.0 Å². The molecule has 0 heterocycles. The Balaban J connectivity index is 2.26. The fraction of sp³-hybridized carbons (Fsp3) is 0.562. The first-order chi connectivity index (χ1) is 9.79. The van der Waals surface area contributed by atoms with Gasteiger partial charge in [0.2, 0.25) is 0 Å². The van der Waals surface area contributed by atoms with Crippen LogP contribution < -0.4 is 15.8 Å². The first kappa shape index (κ1) is 15.6. The average molecular weight is 292 g/mol. The highest BCUT2D eigenvalue weighted by molar-refractivity contribution is 5.87. The van der Waals surface area contributed by atoms with Gasteiger partial charge in [0.1, 0.15) is 11.4 Å². The molecule has 1 aromatic carbocycles. The second-order valence-electron chi connectivity index (χ2n) is 6.52. The maximum absolute atomic E-state index is 12.0. The third-order valence-electron chi connectivity index (χ3n) is 3.68. The molecule has 0 saturated heterocycles. The minimum absolute atomic E-state index is 0.0172. The fourth-order valence-electron chi connectivity index (χ4n) is 2.36. The monoisotopic (exact) mass is 292 g/mol. The zero-order chi connectivity index (χ0) is 15.7. The summed E-state index contributed by atoms with van der Waals surface area (Å²) in [5, 5.41) is 2.83. The molecule has 0 unspecified atom stereocenters. The highest BCUT2D eigenvalue weighted by atomic mass is 16.6. The number of rotatable bonds is 4. The second kappa shape index (κ2) is 5.56. The van der Waals surface area contributed by atoms with Crippen molar-refractivity contribution in [2.45, 2.75) is 44.6 Å². The van der Waals surface area contributed by atoms with Crippen LogP contribution in [0.1, 0.15) is 39.2 Å². The van der Waals surface area contributed by atoms with Gasteiger partial charge in [-0.3, -0.25) is 5.32 Å². The lowest BCUT2D eigenvalue weighted by molar-refractivity contribution is 0.0635. The summed E-state index contributed by atoms with van der Waals surface area (Å²) < 4.78 is 10.6. The van der Waals surface area contributed by atoms with Gasteiger partial charge in [0, 0.05) is 18.0 Å². The summed E-state index contributed by atoms with van der Waals surface area (Å²) in [6, 6.07) is 5.69. The van der Waals surface area contributed by atoms with Crippen LogP contribution in [0.3, 0.4) is 0 Å². The van der Waals surface area contributed by atoms with Gasteiger partial charge < -0.3 is 15.2 Å². The predicted molar refractivity (Wildman–Crippen MR) is 82.8 cm³/mol. The van der Waals surface area contributed by atoms with Crippen LogP contribution in [0.5, 0.6) is 5.75 Å². The predicted octanol–water partition coefficient (Wildman–Crippen LogP) is 3.03. The first-order valence-electron chi connectivity index (χ1n) is 7.18. The van der Waals surface area contributed by atoms with Crippen LogP contribution >= 0.6 is 0 Å².